The van der Waals surface area contributed by atoms with E-state index in [0.717, 1.165) is 24.2 Å². The monoisotopic (exact) mass is 344 g/mol. The summed E-state index contributed by atoms with van der Waals surface area (Å²) in [6, 6.07) is -0.561. The van der Waals surface area contributed by atoms with Gasteiger partial charge in [0.05, 0.1) is 13.2 Å². The lowest BCUT2D eigenvalue weighted by Gasteiger charge is -2.36. The zero-order valence-corrected chi connectivity index (χ0v) is 14.5. The highest BCUT2D eigenvalue weighted by atomic mass is 16.6. The molecule has 1 N–H and O–H groups in total. The zero-order chi connectivity index (χ0) is 17.9. The lowest BCUT2D eigenvalue weighted by Crippen LogP contribution is -2.56. The molecule has 138 valence electrons. The number of carbonyl (C=O) groups excluding carboxylic acids is 3. The number of ether oxygens (including phenoxy) is 2. The first-order valence-corrected chi connectivity index (χ1v) is 8.57. The predicted molar refractivity (Wildman–Crippen MR) is 86.0 cm³/mol. The van der Waals surface area contributed by atoms with Crippen LogP contribution in [0.25, 0.3) is 0 Å². The molecule has 8 nitrogen and oxygen atoms in total. The summed E-state index contributed by atoms with van der Waals surface area (Å²) in [5.74, 6) is -1.33. The molecular weight excluding hydrogens is 316 g/mol. The largest absolute Gasteiger partial charge is 0.464 e. The van der Waals surface area contributed by atoms with Crippen molar-refractivity contribution in [1.82, 2.24) is 9.80 Å². The second-order valence-electron chi connectivity index (χ2n) is 5.72. The van der Waals surface area contributed by atoms with Gasteiger partial charge in [-0.3, -0.25) is 9.69 Å². The van der Waals surface area contributed by atoms with Crippen LogP contribution in [0.5, 0.6) is 0 Å². The minimum Gasteiger partial charge on any atom is -0.464 e. The van der Waals surface area contributed by atoms with E-state index >= 15 is 0 Å². The Labute approximate surface area is 142 Å². The average molecular weight is 344 g/mol. The number of aliphatic hydroxyl groups is 1. The van der Waals surface area contributed by atoms with Crippen LogP contribution in [0.15, 0.2) is 0 Å². The van der Waals surface area contributed by atoms with Crippen LogP contribution >= 0.6 is 0 Å². The van der Waals surface area contributed by atoms with Crippen molar-refractivity contribution in [3.05, 3.63) is 0 Å². The van der Waals surface area contributed by atoms with Crippen LogP contribution in [0.3, 0.4) is 0 Å². The van der Waals surface area contributed by atoms with Crippen LogP contribution in [-0.2, 0) is 19.1 Å². The van der Waals surface area contributed by atoms with Crippen molar-refractivity contribution in [2.75, 3.05) is 32.8 Å². The van der Waals surface area contributed by atoms with Crippen LogP contribution < -0.4 is 0 Å². The molecule has 2 amide bonds. The molecule has 1 aliphatic heterocycles. The molecule has 0 radical (unpaired) electrons. The van der Waals surface area contributed by atoms with Crippen LogP contribution in [0.2, 0.25) is 0 Å². The number of amides is 2. The molecule has 0 aromatic heterocycles. The van der Waals surface area contributed by atoms with Crippen LogP contribution in [0.4, 0.5) is 4.79 Å². The number of unbranched alkanes of at least 4 members (excludes halogenated alkanes) is 2. The second-order valence-corrected chi connectivity index (χ2v) is 5.72. The van der Waals surface area contributed by atoms with Crippen molar-refractivity contribution in [2.24, 2.45) is 0 Å². The van der Waals surface area contributed by atoms with Crippen molar-refractivity contribution in [3.8, 4) is 0 Å². The summed E-state index contributed by atoms with van der Waals surface area (Å²) in [6.45, 7) is 4.92. The number of hydrogen-bond donors (Lipinski definition) is 1. The molecule has 1 saturated heterocycles. The summed E-state index contributed by atoms with van der Waals surface area (Å²) in [7, 11) is 0. The van der Waals surface area contributed by atoms with E-state index in [4.69, 9.17) is 9.47 Å². The Morgan fingerprint density at radius 3 is 2.38 bits per heavy atom. The summed E-state index contributed by atoms with van der Waals surface area (Å²) in [4.78, 5) is 38.2. The smallest absolute Gasteiger partial charge is 0.356 e. The number of nitrogens with zero attached hydrogens (tertiary/aromatic N) is 2. The van der Waals surface area contributed by atoms with Gasteiger partial charge in [-0.25, -0.2) is 9.59 Å². The molecule has 1 aliphatic rings. The first-order chi connectivity index (χ1) is 11.5. The highest BCUT2D eigenvalue weighted by molar-refractivity contribution is 5.85. The highest BCUT2D eigenvalue weighted by Crippen LogP contribution is 2.13. The van der Waals surface area contributed by atoms with Crippen molar-refractivity contribution in [2.45, 2.75) is 52.2 Å². The van der Waals surface area contributed by atoms with Gasteiger partial charge in [0.15, 0.2) is 0 Å². The Morgan fingerprint density at radius 1 is 1.12 bits per heavy atom. The Bertz CT molecular complexity index is 429. The topological polar surface area (TPSA) is 96.4 Å². The number of urea groups is 1. The Hall–Kier alpha value is -1.83. The van der Waals surface area contributed by atoms with E-state index in [9.17, 15) is 19.5 Å². The number of rotatable bonds is 10. The van der Waals surface area contributed by atoms with E-state index in [2.05, 4.69) is 0 Å². The predicted octanol–water partition coefficient (Wildman–Crippen LogP) is 1.12. The standard InChI is InChI=1S/C16H28N2O6/c1-3-5-10-23-13(19)12-17-8-7-9-18(16(17)22)14(20)15(21)24-11-6-4-2/h14,20H,3-12H2,1-2H3. The molecule has 1 atom stereocenters. The third kappa shape index (κ3) is 6.35. The van der Waals surface area contributed by atoms with Gasteiger partial charge in [-0.2, -0.15) is 0 Å². The first kappa shape index (κ1) is 20.2. The molecule has 1 rings (SSSR count). The van der Waals surface area contributed by atoms with Crippen molar-refractivity contribution < 1.29 is 29.0 Å². The third-order valence-electron chi connectivity index (χ3n) is 3.67. The Kier molecular flexibility index (Phi) is 9.14. The summed E-state index contributed by atoms with van der Waals surface area (Å²) in [5.41, 5.74) is 0. The van der Waals surface area contributed by atoms with E-state index < -0.39 is 24.2 Å². The maximum Gasteiger partial charge on any atom is 0.356 e. The maximum atomic E-state index is 12.3. The number of hydrogen-bond acceptors (Lipinski definition) is 6. The number of esters is 2. The van der Waals surface area contributed by atoms with Crippen LogP contribution in [0, 0.1) is 0 Å². The summed E-state index contributed by atoms with van der Waals surface area (Å²) in [6.07, 6.45) is 2.15. The number of aliphatic hydroxyl groups excluding tert-OH is 1. The fourth-order valence-corrected chi connectivity index (χ4v) is 2.23. The maximum absolute atomic E-state index is 12.3. The Balaban J connectivity index is 2.51. The van der Waals surface area contributed by atoms with Gasteiger partial charge in [0, 0.05) is 13.1 Å². The fraction of sp³-hybridized carbons (Fsp3) is 0.812. The summed E-state index contributed by atoms with van der Waals surface area (Å²) >= 11 is 0. The number of carbonyl (C=O) groups is 3. The van der Waals surface area contributed by atoms with Gasteiger partial charge in [-0.1, -0.05) is 26.7 Å². The molecule has 0 saturated carbocycles. The van der Waals surface area contributed by atoms with Gasteiger partial charge in [0.25, 0.3) is 0 Å². The average Bonchev–Trinajstić information content (AvgIpc) is 2.56. The van der Waals surface area contributed by atoms with Crippen molar-refractivity contribution in [3.63, 3.8) is 0 Å². The lowest BCUT2D eigenvalue weighted by molar-refractivity contribution is -0.163. The molecule has 8 heteroatoms. The normalized spacial score (nSPS) is 16.0. The van der Waals surface area contributed by atoms with Gasteiger partial charge >= 0.3 is 18.0 Å². The van der Waals surface area contributed by atoms with E-state index in [1.165, 1.54) is 4.90 Å². The minimum atomic E-state index is -1.65. The van der Waals surface area contributed by atoms with E-state index in [-0.39, 0.29) is 19.7 Å². The molecule has 1 fully saturated rings. The van der Waals surface area contributed by atoms with Crippen LogP contribution in [0.1, 0.15) is 46.0 Å². The third-order valence-corrected chi connectivity index (χ3v) is 3.67. The Morgan fingerprint density at radius 2 is 1.75 bits per heavy atom. The molecule has 1 unspecified atom stereocenters. The first-order valence-electron chi connectivity index (χ1n) is 8.57. The van der Waals surface area contributed by atoms with Crippen molar-refractivity contribution >= 4 is 18.0 Å². The SMILES string of the molecule is CCCCOC(=O)CN1CCCN(C(O)C(=O)OCCCC)C1=O. The highest BCUT2D eigenvalue weighted by Gasteiger charge is 2.35. The molecule has 1 heterocycles. The van der Waals surface area contributed by atoms with Gasteiger partial charge in [-0.15, -0.1) is 0 Å². The molecule has 0 aromatic rings. The summed E-state index contributed by atoms with van der Waals surface area (Å²) in [5, 5.41) is 10.0. The van der Waals surface area contributed by atoms with E-state index in [1.54, 1.807) is 0 Å². The molecule has 24 heavy (non-hydrogen) atoms. The quantitative estimate of drug-likeness (QED) is 0.471. The molecule has 0 spiro atoms. The fourth-order valence-electron chi connectivity index (χ4n) is 2.23. The minimum absolute atomic E-state index is 0.184. The zero-order valence-electron chi connectivity index (χ0n) is 14.5. The lowest BCUT2D eigenvalue weighted by atomic mass is 10.2. The van der Waals surface area contributed by atoms with E-state index in [1.807, 2.05) is 13.8 Å². The van der Waals surface area contributed by atoms with Crippen molar-refractivity contribution in [1.29, 1.82) is 0 Å². The molecule has 0 bridgehead atoms. The van der Waals surface area contributed by atoms with Gasteiger partial charge in [-0.05, 0) is 19.3 Å². The second kappa shape index (κ2) is 10.9. The summed E-state index contributed by atoms with van der Waals surface area (Å²) < 4.78 is 9.97. The van der Waals surface area contributed by atoms with E-state index in [0.29, 0.717) is 26.0 Å². The molecule has 0 aromatic carbocycles. The molecule has 0 aliphatic carbocycles. The van der Waals surface area contributed by atoms with Gasteiger partial charge in [0.1, 0.15) is 6.54 Å². The van der Waals surface area contributed by atoms with Crippen LogP contribution in [-0.4, -0.2) is 72.0 Å². The van der Waals surface area contributed by atoms with Gasteiger partial charge in [0.2, 0.25) is 6.23 Å². The van der Waals surface area contributed by atoms with Gasteiger partial charge < -0.3 is 19.5 Å². The molecular formula is C16H28N2O6.